The van der Waals surface area contributed by atoms with Gasteiger partial charge in [-0.15, -0.1) is 0 Å². The van der Waals surface area contributed by atoms with Crippen molar-refractivity contribution in [2.24, 2.45) is 0 Å². The number of nitrogens with zero attached hydrogens (tertiary/aromatic N) is 3. The van der Waals surface area contributed by atoms with Crippen LogP contribution in [0.4, 0.5) is 0 Å². The molecule has 0 saturated heterocycles. The van der Waals surface area contributed by atoms with E-state index >= 15 is 0 Å². The molecule has 136 valence electrons. The Morgan fingerprint density at radius 3 is 2.24 bits per heavy atom. The third-order valence-electron chi connectivity index (χ3n) is 3.96. The van der Waals surface area contributed by atoms with Gasteiger partial charge in [0.15, 0.2) is 5.76 Å². The summed E-state index contributed by atoms with van der Waals surface area (Å²) in [7, 11) is -0.809. The van der Waals surface area contributed by atoms with Crippen molar-refractivity contribution in [2.45, 2.75) is 32.2 Å². The molecule has 2 rings (SSSR count). The van der Waals surface area contributed by atoms with E-state index in [0.717, 1.165) is 15.4 Å². The largest absolute Gasteiger partial charge is 0.360 e. The number of likely N-dealkylation sites (N-methyl/N-ethyl adjacent to an activating group) is 2. The van der Waals surface area contributed by atoms with E-state index in [-0.39, 0.29) is 28.8 Å². The van der Waals surface area contributed by atoms with Gasteiger partial charge in [0.2, 0.25) is 15.9 Å². The van der Waals surface area contributed by atoms with E-state index < -0.39 is 10.0 Å². The molecule has 0 aliphatic rings. The van der Waals surface area contributed by atoms with Crippen molar-refractivity contribution in [2.75, 3.05) is 20.6 Å². The lowest BCUT2D eigenvalue weighted by atomic mass is 10.1. The lowest BCUT2D eigenvalue weighted by molar-refractivity contribution is -0.130. The van der Waals surface area contributed by atoms with Crippen molar-refractivity contribution in [3.8, 4) is 0 Å². The number of amides is 1. The number of carbonyl (C=O) groups excluding carboxylic acids is 1. The quantitative estimate of drug-likeness (QED) is 0.780. The van der Waals surface area contributed by atoms with Gasteiger partial charge in [0, 0.05) is 20.6 Å². The average Bonchev–Trinajstić information content (AvgIpc) is 2.88. The maximum atomic E-state index is 12.6. The Labute approximate surface area is 148 Å². The summed E-state index contributed by atoms with van der Waals surface area (Å²) in [6.45, 7) is 5.24. The van der Waals surface area contributed by atoms with Crippen LogP contribution in [-0.4, -0.2) is 49.3 Å². The number of sulfonamides is 1. The third-order valence-corrected chi connectivity index (χ3v) is 6.01. The highest BCUT2D eigenvalue weighted by molar-refractivity contribution is 7.89. The highest BCUT2D eigenvalue weighted by Gasteiger charge is 2.30. The Balaban J connectivity index is 2.07. The van der Waals surface area contributed by atoms with Crippen LogP contribution in [0.2, 0.25) is 0 Å². The van der Waals surface area contributed by atoms with Crippen LogP contribution >= 0.6 is 0 Å². The van der Waals surface area contributed by atoms with E-state index in [1.54, 1.807) is 14.0 Å². The number of aromatic nitrogens is 1. The molecule has 1 amide bonds. The first kappa shape index (κ1) is 19.1. The number of rotatable bonds is 6. The molecule has 7 nitrogen and oxygen atoms in total. The molecule has 0 bridgehead atoms. The number of hydrogen-bond donors (Lipinski definition) is 0. The highest BCUT2D eigenvalue weighted by Crippen LogP contribution is 2.22. The third kappa shape index (κ3) is 4.26. The predicted molar refractivity (Wildman–Crippen MR) is 93.4 cm³/mol. The van der Waals surface area contributed by atoms with Crippen LogP contribution < -0.4 is 0 Å². The number of benzene rings is 1. The summed E-state index contributed by atoms with van der Waals surface area (Å²) in [5.74, 6) is -0.0804. The number of carbonyl (C=O) groups is 1. The van der Waals surface area contributed by atoms with Gasteiger partial charge in [-0.2, -0.15) is 4.31 Å². The Kier molecular flexibility index (Phi) is 5.64. The van der Waals surface area contributed by atoms with Crippen LogP contribution in [0.1, 0.15) is 22.6 Å². The van der Waals surface area contributed by atoms with E-state index in [2.05, 4.69) is 5.16 Å². The molecule has 0 saturated carbocycles. The highest BCUT2D eigenvalue weighted by atomic mass is 32.2. The van der Waals surface area contributed by atoms with Gasteiger partial charge in [-0.05, 0) is 26.3 Å². The molecule has 0 aliphatic carbocycles. The minimum absolute atomic E-state index is 0.0176. The smallest absolute Gasteiger partial charge is 0.248 e. The van der Waals surface area contributed by atoms with E-state index in [1.807, 2.05) is 31.2 Å². The van der Waals surface area contributed by atoms with E-state index in [0.29, 0.717) is 6.54 Å². The fraction of sp³-hybridized carbons (Fsp3) is 0.412. The summed E-state index contributed by atoms with van der Waals surface area (Å²) in [5.41, 5.74) is 2.41. The second-order valence-corrected chi connectivity index (χ2v) is 8.13. The van der Waals surface area contributed by atoms with Crippen LogP contribution in [0.25, 0.3) is 0 Å². The van der Waals surface area contributed by atoms with Crippen LogP contribution in [0.3, 0.4) is 0 Å². The number of hydrogen-bond acceptors (Lipinski definition) is 5. The lowest BCUT2D eigenvalue weighted by Crippen LogP contribution is -2.39. The summed E-state index contributed by atoms with van der Waals surface area (Å²) in [5, 5.41) is 3.67. The number of aryl methyl sites for hydroxylation is 3. The fourth-order valence-electron chi connectivity index (χ4n) is 2.45. The Hall–Kier alpha value is -2.19. The molecule has 0 spiro atoms. The SMILES string of the molecule is Cc1ccc(CN(C)C(=O)CN(C)S(=O)(=O)c2c(C)noc2C)cc1. The van der Waals surface area contributed by atoms with Crippen molar-refractivity contribution >= 4 is 15.9 Å². The van der Waals surface area contributed by atoms with E-state index in [1.165, 1.54) is 18.9 Å². The van der Waals surface area contributed by atoms with Gasteiger partial charge in [-0.1, -0.05) is 35.0 Å². The molecule has 0 radical (unpaired) electrons. The summed E-state index contributed by atoms with van der Waals surface area (Å²) in [6.07, 6.45) is 0. The Morgan fingerprint density at radius 2 is 1.72 bits per heavy atom. The first-order valence-corrected chi connectivity index (χ1v) is 9.25. The van der Waals surface area contributed by atoms with Crippen LogP contribution in [0, 0.1) is 20.8 Å². The van der Waals surface area contributed by atoms with Crippen molar-refractivity contribution in [1.29, 1.82) is 0 Å². The fourth-order valence-corrected chi connectivity index (χ4v) is 3.85. The molecule has 0 unspecified atom stereocenters. The van der Waals surface area contributed by atoms with Crippen molar-refractivity contribution in [1.82, 2.24) is 14.4 Å². The second-order valence-electron chi connectivity index (χ2n) is 6.15. The molecule has 1 aromatic carbocycles. The van der Waals surface area contributed by atoms with Crippen LogP contribution in [0.15, 0.2) is 33.7 Å². The van der Waals surface area contributed by atoms with Crippen LogP contribution in [-0.2, 0) is 21.4 Å². The molecule has 1 heterocycles. The lowest BCUT2D eigenvalue weighted by Gasteiger charge is -2.22. The average molecular weight is 365 g/mol. The van der Waals surface area contributed by atoms with Gasteiger partial charge in [-0.25, -0.2) is 8.42 Å². The second kappa shape index (κ2) is 7.37. The minimum Gasteiger partial charge on any atom is -0.360 e. The Bertz CT molecular complexity index is 837. The molecular weight excluding hydrogens is 342 g/mol. The molecule has 0 atom stereocenters. The monoisotopic (exact) mass is 365 g/mol. The van der Waals surface area contributed by atoms with Crippen molar-refractivity contribution < 1.29 is 17.7 Å². The molecule has 0 aliphatic heterocycles. The normalized spacial score (nSPS) is 11.8. The van der Waals surface area contributed by atoms with Crippen LogP contribution in [0.5, 0.6) is 0 Å². The van der Waals surface area contributed by atoms with Gasteiger partial charge in [-0.3, -0.25) is 4.79 Å². The molecule has 0 fully saturated rings. The zero-order valence-corrected chi connectivity index (χ0v) is 15.9. The van der Waals surface area contributed by atoms with Gasteiger partial charge in [0.25, 0.3) is 0 Å². The minimum atomic E-state index is -3.83. The zero-order chi connectivity index (χ0) is 18.8. The molecular formula is C17H23N3O4S. The summed E-state index contributed by atoms with van der Waals surface area (Å²) >= 11 is 0. The summed E-state index contributed by atoms with van der Waals surface area (Å²) < 4.78 is 31.2. The first-order valence-electron chi connectivity index (χ1n) is 7.81. The zero-order valence-electron chi connectivity index (χ0n) is 15.1. The summed E-state index contributed by atoms with van der Waals surface area (Å²) in [6, 6.07) is 7.84. The van der Waals surface area contributed by atoms with Gasteiger partial charge in [0.1, 0.15) is 10.6 Å². The summed E-state index contributed by atoms with van der Waals surface area (Å²) in [4.78, 5) is 13.9. The van der Waals surface area contributed by atoms with Crippen molar-refractivity contribution in [3.63, 3.8) is 0 Å². The standard InChI is InChI=1S/C17H23N3O4S/c1-12-6-8-15(9-7-12)10-19(4)16(21)11-20(5)25(22,23)17-13(2)18-24-14(17)3/h6-9H,10-11H2,1-5H3. The molecule has 8 heteroatoms. The van der Waals surface area contributed by atoms with E-state index in [4.69, 9.17) is 4.52 Å². The maximum Gasteiger partial charge on any atom is 0.248 e. The molecule has 25 heavy (non-hydrogen) atoms. The van der Waals surface area contributed by atoms with Crippen molar-refractivity contribution in [3.05, 3.63) is 46.8 Å². The topological polar surface area (TPSA) is 83.7 Å². The maximum absolute atomic E-state index is 12.6. The van der Waals surface area contributed by atoms with Gasteiger partial charge in [0.05, 0.1) is 6.54 Å². The predicted octanol–water partition coefficient (Wildman–Crippen LogP) is 1.88. The van der Waals surface area contributed by atoms with Gasteiger partial charge >= 0.3 is 0 Å². The van der Waals surface area contributed by atoms with Gasteiger partial charge < -0.3 is 9.42 Å². The first-order chi connectivity index (χ1) is 11.6. The molecule has 2 aromatic rings. The Morgan fingerprint density at radius 1 is 1.12 bits per heavy atom. The van der Waals surface area contributed by atoms with E-state index in [9.17, 15) is 13.2 Å². The molecule has 1 aromatic heterocycles. The molecule has 0 N–H and O–H groups in total.